The van der Waals surface area contributed by atoms with Gasteiger partial charge in [0.15, 0.2) is 5.96 Å². The number of para-hydroxylation sites is 1. The lowest BCUT2D eigenvalue weighted by Crippen LogP contribution is -2.47. The number of rotatable bonds is 9. The summed E-state index contributed by atoms with van der Waals surface area (Å²) in [4.78, 5) is 8.26. The summed E-state index contributed by atoms with van der Waals surface area (Å²) >= 11 is 1.80. The van der Waals surface area contributed by atoms with Crippen LogP contribution >= 0.6 is 11.3 Å². The first-order valence-corrected chi connectivity index (χ1v) is 11.2. The van der Waals surface area contributed by atoms with Gasteiger partial charge in [-0.15, -0.1) is 11.3 Å². The number of thiophene rings is 1. The number of hydrogen-bond acceptors (Lipinski definition) is 5. The predicted molar refractivity (Wildman–Crippen MR) is 124 cm³/mol. The van der Waals surface area contributed by atoms with Crippen molar-refractivity contribution in [2.24, 2.45) is 4.99 Å². The van der Waals surface area contributed by atoms with Gasteiger partial charge in [0.2, 0.25) is 0 Å². The average molecular weight is 429 g/mol. The maximum atomic E-state index is 5.75. The standard InChI is InChI=1S/C23H32N4O2S/c1-4-12-29-21-9-6-5-8-19(21)15-25-23(24-3)26-16-20(22-10-7-14-30-22)27-11-13-28-18(2)17-27/h4-10,14,18,20H,1,11-13,15-17H2,2-3H3,(H2,24,25,26). The van der Waals surface area contributed by atoms with Crippen LogP contribution in [0.15, 0.2) is 59.4 Å². The van der Waals surface area contributed by atoms with Gasteiger partial charge in [0.25, 0.3) is 0 Å². The van der Waals surface area contributed by atoms with Gasteiger partial charge in [-0.25, -0.2) is 0 Å². The number of guanidine groups is 1. The molecular weight excluding hydrogens is 396 g/mol. The Hall–Kier alpha value is -2.35. The fraction of sp³-hybridized carbons (Fsp3) is 0.435. The molecule has 7 heteroatoms. The molecule has 2 heterocycles. The lowest BCUT2D eigenvalue weighted by molar-refractivity contribution is -0.0334. The number of morpholine rings is 1. The molecule has 3 rings (SSSR count). The lowest BCUT2D eigenvalue weighted by Gasteiger charge is -2.37. The molecule has 1 aromatic heterocycles. The Bertz CT molecular complexity index is 809. The molecule has 162 valence electrons. The summed E-state index contributed by atoms with van der Waals surface area (Å²) in [6.45, 7) is 10.4. The van der Waals surface area contributed by atoms with E-state index in [1.807, 2.05) is 18.2 Å². The largest absolute Gasteiger partial charge is 0.489 e. The average Bonchev–Trinajstić information content (AvgIpc) is 3.30. The van der Waals surface area contributed by atoms with E-state index in [0.29, 0.717) is 13.2 Å². The summed E-state index contributed by atoms with van der Waals surface area (Å²) < 4.78 is 11.5. The van der Waals surface area contributed by atoms with Crippen molar-refractivity contribution in [2.45, 2.75) is 25.6 Å². The summed E-state index contributed by atoms with van der Waals surface area (Å²) in [6.07, 6.45) is 2.01. The van der Waals surface area contributed by atoms with E-state index in [2.05, 4.69) is 57.6 Å². The zero-order chi connectivity index (χ0) is 21.2. The van der Waals surface area contributed by atoms with Crippen molar-refractivity contribution in [3.63, 3.8) is 0 Å². The van der Waals surface area contributed by atoms with E-state index in [1.165, 1.54) is 4.88 Å². The molecule has 0 spiro atoms. The molecular formula is C23H32N4O2S. The van der Waals surface area contributed by atoms with E-state index in [4.69, 9.17) is 9.47 Å². The number of aliphatic imine (C=N–C) groups is 1. The van der Waals surface area contributed by atoms with Gasteiger partial charge < -0.3 is 20.1 Å². The van der Waals surface area contributed by atoms with Crippen LogP contribution in [0.5, 0.6) is 5.75 Å². The smallest absolute Gasteiger partial charge is 0.191 e. The third kappa shape index (κ3) is 6.32. The number of nitrogens with one attached hydrogen (secondary N) is 2. The molecule has 0 radical (unpaired) electrons. The molecule has 6 nitrogen and oxygen atoms in total. The maximum Gasteiger partial charge on any atom is 0.191 e. The van der Waals surface area contributed by atoms with Gasteiger partial charge in [-0.3, -0.25) is 9.89 Å². The second kappa shape index (κ2) is 11.7. The van der Waals surface area contributed by atoms with Gasteiger partial charge in [-0.1, -0.05) is 36.9 Å². The van der Waals surface area contributed by atoms with Crippen LogP contribution in [0.3, 0.4) is 0 Å². The van der Waals surface area contributed by atoms with Gasteiger partial charge in [0, 0.05) is 43.7 Å². The zero-order valence-corrected chi connectivity index (χ0v) is 18.7. The molecule has 1 saturated heterocycles. The third-order valence-electron chi connectivity index (χ3n) is 5.05. The predicted octanol–water partition coefficient (Wildman–Crippen LogP) is 3.44. The van der Waals surface area contributed by atoms with Crippen LogP contribution < -0.4 is 15.4 Å². The molecule has 0 amide bonds. The number of benzene rings is 1. The summed E-state index contributed by atoms with van der Waals surface area (Å²) in [5.41, 5.74) is 1.08. The van der Waals surface area contributed by atoms with Gasteiger partial charge in [0.05, 0.1) is 18.8 Å². The minimum Gasteiger partial charge on any atom is -0.489 e. The molecule has 2 N–H and O–H groups in total. The Balaban J connectivity index is 1.60. The van der Waals surface area contributed by atoms with E-state index in [0.717, 1.165) is 43.5 Å². The monoisotopic (exact) mass is 428 g/mol. The van der Waals surface area contributed by atoms with E-state index < -0.39 is 0 Å². The summed E-state index contributed by atoms with van der Waals surface area (Å²) in [5, 5.41) is 9.06. The molecule has 1 aromatic carbocycles. The Kier molecular flexibility index (Phi) is 8.74. The van der Waals surface area contributed by atoms with Gasteiger partial charge >= 0.3 is 0 Å². The Morgan fingerprint density at radius 1 is 1.37 bits per heavy atom. The fourth-order valence-corrected chi connectivity index (χ4v) is 4.41. The highest BCUT2D eigenvalue weighted by molar-refractivity contribution is 7.10. The van der Waals surface area contributed by atoms with Crippen molar-refractivity contribution in [3.8, 4) is 5.75 Å². The Morgan fingerprint density at radius 2 is 2.23 bits per heavy atom. The SMILES string of the molecule is C=CCOc1ccccc1CNC(=NC)NCC(c1cccs1)N1CCOC(C)C1. The molecule has 1 fully saturated rings. The lowest BCUT2D eigenvalue weighted by atomic mass is 10.1. The minimum atomic E-state index is 0.255. The quantitative estimate of drug-likeness (QED) is 0.364. The summed E-state index contributed by atoms with van der Waals surface area (Å²) in [6, 6.07) is 12.6. The van der Waals surface area contributed by atoms with E-state index in [9.17, 15) is 0 Å². The fourth-order valence-electron chi connectivity index (χ4n) is 3.55. The molecule has 0 saturated carbocycles. The molecule has 2 aromatic rings. The van der Waals surface area contributed by atoms with Crippen molar-refractivity contribution in [1.29, 1.82) is 0 Å². The molecule has 2 unspecified atom stereocenters. The van der Waals surface area contributed by atoms with Gasteiger partial charge in [0.1, 0.15) is 12.4 Å². The molecule has 0 aliphatic carbocycles. The number of ether oxygens (including phenoxy) is 2. The van der Waals surface area contributed by atoms with Crippen molar-refractivity contribution in [2.75, 3.05) is 39.9 Å². The van der Waals surface area contributed by atoms with Crippen LogP contribution in [0.4, 0.5) is 0 Å². The van der Waals surface area contributed by atoms with Crippen LogP contribution in [0, 0.1) is 0 Å². The minimum absolute atomic E-state index is 0.255. The van der Waals surface area contributed by atoms with Gasteiger partial charge in [-0.05, 0) is 24.4 Å². The first-order chi connectivity index (χ1) is 14.7. The van der Waals surface area contributed by atoms with Crippen molar-refractivity contribution < 1.29 is 9.47 Å². The second-order valence-corrected chi connectivity index (χ2v) is 8.20. The molecule has 2 atom stereocenters. The zero-order valence-electron chi connectivity index (χ0n) is 17.8. The summed E-state index contributed by atoms with van der Waals surface area (Å²) in [7, 11) is 1.80. The van der Waals surface area contributed by atoms with E-state index in [-0.39, 0.29) is 12.1 Å². The van der Waals surface area contributed by atoms with E-state index >= 15 is 0 Å². The first kappa shape index (κ1) is 22.3. The highest BCUT2D eigenvalue weighted by Crippen LogP contribution is 2.26. The van der Waals surface area contributed by atoms with Gasteiger partial charge in [-0.2, -0.15) is 0 Å². The van der Waals surface area contributed by atoms with Crippen LogP contribution in [0.1, 0.15) is 23.4 Å². The third-order valence-corrected chi connectivity index (χ3v) is 6.02. The molecule has 1 aliphatic heterocycles. The van der Waals surface area contributed by atoms with E-state index in [1.54, 1.807) is 24.5 Å². The second-order valence-electron chi connectivity index (χ2n) is 7.22. The highest BCUT2D eigenvalue weighted by atomic mass is 32.1. The van der Waals surface area contributed by atoms with Crippen molar-refractivity contribution in [3.05, 3.63) is 64.9 Å². The van der Waals surface area contributed by atoms with Crippen LogP contribution in [0.2, 0.25) is 0 Å². The van der Waals surface area contributed by atoms with Crippen molar-refractivity contribution >= 4 is 17.3 Å². The number of nitrogens with zero attached hydrogens (tertiary/aromatic N) is 2. The topological polar surface area (TPSA) is 58.1 Å². The normalized spacial score (nSPS) is 18.6. The number of hydrogen-bond donors (Lipinski definition) is 2. The van der Waals surface area contributed by atoms with Crippen LogP contribution in [0.25, 0.3) is 0 Å². The Labute approximate surface area is 183 Å². The van der Waals surface area contributed by atoms with Crippen molar-refractivity contribution in [1.82, 2.24) is 15.5 Å². The molecule has 1 aliphatic rings. The maximum absolute atomic E-state index is 5.75. The highest BCUT2D eigenvalue weighted by Gasteiger charge is 2.26. The first-order valence-electron chi connectivity index (χ1n) is 10.4. The molecule has 30 heavy (non-hydrogen) atoms. The van der Waals surface area contributed by atoms with Crippen LogP contribution in [-0.4, -0.2) is 56.9 Å². The molecule has 0 bridgehead atoms. The summed E-state index contributed by atoms with van der Waals surface area (Å²) in [5.74, 6) is 1.63. The van der Waals surface area contributed by atoms with Crippen LogP contribution in [-0.2, 0) is 11.3 Å². The Morgan fingerprint density at radius 3 is 2.97 bits per heavy atom.